The van der Waals surface area contributed by atoms with Crippen molar-refractivity contribution in [1.29, 1.82) is 0 Å². The van der Waals surface area contributed by atoms with E-state index >= 15 is 0 Å². The van der Waals surface area contributed by atoms with Crippen molar-refractivity contribution in [2.75, 3.05) is 19.8 Å². The molecule has 1 heterocycles. The summed E-state index contributed by atoms with van der Waals surface area (Å²) in [5, 5.41) is 0. The first-order chi connectivity index (χ1) is 10.6. The summed E-state index contributed by atoms with van der Waals surface area (Å²) < 4.78 is 4.94. The van der Waals surface area contributed by atoms with E-state index in [0.717, 1.165) is 12.1 Å². The van der Waals surface area contributed by atoms with Crippen LogP contribution in [0.5, 0.6) is 0 Å². The van der Waals surface area contributed by atoms with Gasteiger partial charge in [0, 0.05) is 25.9 Å². The molecule has 0 atom stereocenters. The first kappa shape index (κ1) is 15.8. The first-order valence-electron chi connectivity index (χ1n) is 7.23. The molecule has 0 spiro atoms. The smallest absolute Gasteiger partial charge is 0.338 e. The fourth-order valence-electron chi connectivity index (χ4n) is 2.06. The molecule has 0 bridgehead atoms. The van der Waals surface area contributed by atoms with Gasteiger partial charge in [-0.1, -0.05) is 24.3 Å². The molecule has 5 nitrogen and oxygen atoms in total. The van der Waals surface area contributed by atoms with Gasteiger partial charge in [-0.25, -0.2) is 4.79 Å². The van der Waals surface area contributed by atoms with E-state index < -0.39 is 0 Å². The highest BCUT2D eigenvalue weighted by atomic mass is 16.5. The zero-order valence-electron chi connectivity index (χ0n) is 12.9. The van der Waals surface area contributed by atoms with Crippen LogP contribution in [0.1, 0.15) is 29.8 Å². The predicted octanol–water partition coefficient (Wildman–Crippen LogP) is 2.47. The lowest BCUT2D eigenvalue weighted by molar-refractivity contribution is -0.126. The van der Waals surface area contributed by atoms with Gasteiger partial charge in [-0.3, -0.25) is 9.69 Å². The van der Waals surface area contributed by atoms with Gasteiger partial charge in [-0.15, -0.1) is 0 Å². The van der Waals surface area contributed by atoms with Crippen LogP contribution in [0.2, 0.25) is 0 Å². The van der Waals surface area contributed by atoms with Crippen LogP contribution in [0.15, 0.2) is 42.7 Å². The van der Waals surface area contributed by atoms with Gasteiger partial charge in [0.05, 0.1) is 18.8 Å². The van der Waals surface area contributed by atoms with E-state index in [0.29, 0.717) is 18.8 Å². The number of carbonyl (C=O) groups excluding carboxylic acids is 2. The molecule has 1 aromatic rings. The summed E-state index contributed by atoms with van der Waals surface area (Å²) in [5.41, 5.74) is 1.57. The zero-order valence-corrected chi connectivity index (χ0v) is 12.9. The summed E-state index contributed by atoms with van der Waals surface area (Å²) in [7, 11) is 0. The Morgan fingerprint density at radius 2 is 1.95 bits per heavy atom. The van der Waals surface area contributed by atoms with Crippen molar-refractivity contribution in [3.8, 4) is 0 Å². The molecule has 0 aliphatic carbocycles. The van der Waals surface area contributed by atoms with Gasteiger partial charge in [0.2, 0.25) is 5.91 Å². The Bertz CT molecular complexity index is 590. The highest BCUT2D eigenvalue weighted by Crippen LogP contribution is 2.10. The van der Waals surface area contributed by atoms with Crippen LogP contribution < -0.4 is 0 Å². The average molecular weight is 300 g/mol. The van der Waals surface area contributed by atoms with Crippen LogP contribution in [0.3, 0.4) is 0 Å². The van der Waals surface area contributed by atoms with E-state index in [1.807, 2.05) is 35.4 Å². The molecular weight excluding hydrogens is 280 g/mol. The summed E-state index contributed by atoms with van der Waals surface area (Å²) in [4.78, 5) is 26.4. The third-order valence-electron chi connectivity index (χ3n) is 3.27. The molecule has 0 N–H and O–H groups in total. The van der Waals surface area contributed by atoms with Crippen molar-refractivity contribution in [3.63, 3.8) is 0 Å². The van der Waals surface area contributed by atoms with Crippen molar-refractivity contribution in [2.24, 2.45) is 0 Å². The lowest BCUT2D eigenvalue weighted by Crippen LogP contribution is -2.28. The minimum atomic E-state index is -0.301. The Labute approximate surface area is 130 Å². The van der Waals surface area contributed by atoms with E-state index in [1.54, 1.807) is 37.1 Å². The maximum absolute atomic E-state index is 11.5. The van der Waals surface area contributed by atoms with E-state index in [2.05, 4.69) is 0 Å². The van der Waals surface area contributed by atoms with E-state index in [1.165, 1.54) is 0 Å². The quantitative estimate of drug-likeness (QED) is 0.784. The zero-order chi connectivity index (χ0) is 15.9. The summed E-state index contributed by atoms with van der Waals surface area (Å²) in [5.74, 6) is -0.262. The molecule has 1 aliphatic heterocycles. The SMILES string of the molecule is CCOC(=O)c1ccc(/C=C/CN2C=CN(C(C)=O)C2)cc1. The number of hydrogen-bond donors (Lipinski definition) is 0. The number of rotatable bonds is 5. The largest absolute Gasteiger partial charge is 0.462 e. The molecule has 1 aliphatic rings. The Kier molecular flexibility index (Phi) is 5.36. The fraction of sp³-hybridized carbons (Fsp3) is 0.294. The standard InChI is InChI=1S/C17H20N2O3/c1-3-22-17(21)16-8-6-15(7-9-16)5-4-10-18-11-12-19(13-18)14(2)20/h4-9,11-12H,3,10,13H2,1-2H3/b5-4+. The van der Waals surface area contributed by atoms with Crippen LogP contribution in [0, 0.1) is 0 Å². The van der Waals surface area contributed by atoms with E-state index in [9.17, 15) is 9.59 Å². The van der Waals surface area contributed by atoms with Crippen molar-refractivity contribution >= 4 is 18.0 Å². The summed E-state index contributed by atoms with van der Waals surface area (Å²) in [6, 6.07) is 7.27. The third-order valence-corrected chi connectivity index (χ3v) is 3.27. The topological polar surface area (TPSA) is 49.9 Å². The average Bonchev–Trinajstić information content (AvgIpc) is 2.97. The lowest BCUT2D eigenvalue weighted by atomic mass is 10.1. The van der Waals surface area contributed by atoms with Gasteiger partial charge >= 0.3 is 5.97 Å². The Morgan fingerprint density at radius 3 is 2.55 bits per heavy atom. The van der Waals surface area contributed by atoms with Crippen LogP contribution in [-0.4, -0.2) is 41.5 Å². The maximum Gasteiger partial charge on any atom is 0.338 e. The number of benzene rings is 1. The van der Waals surface area contributed by atoms with Gasteiger partial charge in [-0.05, 0) is 24.6 Å². The second-order valence-corrected chi connectivity index (χ2v) is 4.94. The molecule has 2 rings (SSSR count). The number of amides is 1. The molecule has 0 aromatic heterocycles. The molecule has 5 heteroatoms. The second-order valence-electron chi connectivity index (χ2n) is 4.94. The van der Waals surface area contributed by atoms with Crippen molar-refractivity contribution < 1.29 is 14.3 Å². The fourth-order valence-corrected chi connectivity index (χ4v) is 2.06. The number of hydrogen-bond acceptors (Lipinski definition) is 4. The van der Waals surface area contributed by atoms with E-state index in [-0.39, 0.29) is 11.9 Å². The number of esters is 1. The van der Waals surface area contributed by atoms with Crippen LogP contribution in [0.25, 0.3) is 6.08 Å². The van der Waals surface area contributed by atoms with Gasteiger partial charge in [0.1, 0.15) is 0 Å². The van der Waals surface area contributed by atoms with Gasteiger partial charge in [0.25, 0.3) is 0 Å². The predicted molar refractivity (Wildman–Crippen MR) is 84.7 cm³/mol. The number of ether oxygens (including phenoxy) is 1. The third kappa shape index (κ3) is 4.22. The Balaban J connectivity index is 1.85. The molecule has 0 unspecified atom stereocenters. The van der Waals surface area contributed by atoms with E-state index in [4.69, 9.17) is 4.74 Å². The molecule has 116 valence electrons. The molecule has 0 saturated heterocycles. The van der Waals surface area contributed by atoms with Gasteiger partial charge in [0.15, 0.2) is 0 Å². The molecule has 1 aromatic carbocycles. The van der Waals surface area contributed by atoms with Crippen LogP contribution in [0.4, 0.5) is 0 Å². The molecule has 0 saturated carbocycles. The molecule has 22 heavy (non-hydrogen) atoms. The molecule has 1 amide bonds. The first-order valence-corrected chi connectivity index (χ1v) is 7.23. The minimum Gasteiger partial charge on any atom is -0.462 e. The normalized spacial score (nSPS) is 13.9. The van der Waals surface area contributed by atoms with Crippen molar-refractivity contribution in [2.45, 2.75) is 13.8 Å². The Morgan fingerprint density at radius 1 is 1.23 bits per heavy atom. The number of carbonyl (C=O) groups is 2. The monoisotopic (exact) mass is 300 g/mol. The summed E-state index contributed by atoms with van der Waals surface area (Å²) in [6.45, 7) is 5.02. The van der Waals surface area contributed by atoms with Crippen molar-refractivity contribution in [3.05, 3.63) is 53.9 Å². The highest BCUT2D eigenvalue weighted by molar-refractivity contribution is 5.89. The van der Waals surface area contributed by atoms with Gasteiger partial charge < -0.3 is 9.64 Å². The van der Waals surface area contributed by atoms with Crippen molar-refractivity contribution in [1.82, 2.24) is 9.80 Å². The summed E-state index contributed by atoms with van der Waals surface area (Å²) in [6.07, 6.45) is 7.69. The molecule has 0 radical (unpaired) electrons. The highest BCUT2D eigenvalue weighted by Gasteiger charge is 2.13. The van der Waals surface area contributed by atoms with Crippen LogP contribution in [-0.2, 0) is 9.53 Å². The Hall–Kier alpha value is -2.56. The second kappa shape index (κ2) is 7.45. The van der Waals surface area contributed by atoms with Crippen LogP contribution >= 0.6 is 0 Å². The maximum atomic E-state index is 11.5. The lowest BCUT2D eigenvalue weighted by Gasteiger charge is -2.17. The molecular formula is C17H20N2O3. The number of nitrogens with zero attached hydrogens (tertiary/aromatic N) is 2. The van der Waals surface area contributed by atoms with Gasteiger partial charge in [-0.2, -0.15) is 0 Å². The molecule has 0 fully saturated rings. The minimum absolute atomic E-state index is 0.0392. The summed E-state index contributed by atoms with van der Waals surface area (Å²) >= 11 is 0.